The molecule has 5 heteroatoms. The Balaban J connectivity index is 2.75. The zero-order valence-electron chi connectivity index (χ0n) is 7.81. The van der Waals surface area contributed by atoms with Crippen LogP contribution in [-0.2, 0) is 4.74 Å². The predicted octanol–water partition coefficient (Wildman–Crippen LogP) is 1.61. The standard InChI is InChI=1S/C9H12F2N2O/c1-14-3-2-13-9-7(10)4-6(12)5-8(9)11/h4-5,13H,2-3,12H2,1H3. The van der Waals surface area contributed by atoms with E-state index in [1.54, 1.807) is 0 Å². The first-order chi connectivity index (χ1) is 6.65. The maximum absolute atomic E-state index is 13.1. The molecule has 0 aliphatic rings. The molecule has 0 unspecified atom stereocenters. The number of benzene rings is 1. The molecule has 0 aliphatic heterocycles. The molecule has 78 valence electrons. The van der Waals surface area contributed by atoms with Gasteiger partial charge >= 0.3 is 0 Å². The smallest absolute Gasteiger partial charge is 0.151 e. The van der Waals surface area contributed by atoms with Gasteiger partial charge in [-0.05, 0) is 12.1 Å². The summed E-state index contributed by atoms with van der Waals surface area (Å²) in [6.07, 6.45) is 0. The number of ether oxygens (including phenoxy) is 1. The summed E-state index contributed by atoms with van der Waals surface area (Å²) in [5.74, 6) is -1.39. The summed E-state index contributed by atoms with van der Waals surface area (Å²) in [4.78, 5) is 0. The lowest BCUT2D eigenvalue weighted by Gasteiger charge is -2.08. The van der Waals surface area contributed by atoms with Gasteiger partial charge < -0.3 is 15.8 Å². The highest BCUT2D eigenvalue weighted by atomic mass is 19.1. The minimum atomic E-state index is -0.696. The molecule has 0 spiro atoms. The van der Waals surface area contributed by atoms with Gasteiger partial charge in [0, 0.05) is 19.3 Å². The van der Waals surface area contributed by atoms with E-state index in [2.05, 4.69) is 5.32 Å². The minimum absolute atomic E-state index is 0.0669. The first-order valence-electron chi connectivity index (χ1n) is 4.12. The third-order valence-corrected chi connectivity index (χ3v) is 1.67. The van der Waals surface area contributed by atoms with Crippen molar-refractivity contribution in [2.75, 3.05) is 31.3 Å². The molecule has 0 aromatic heterocycles. The SMILES string of the molecule is COCCNc1c(F)cc(N)cc1F. The Labute approximate surface area is 80.9 Å². The molecule has 3 nitrogen and oxygen atoms in total. The summed E-state index contributed by atoms with van der Waals surface area (Å²) >= 11 is 0. The van der Waals surface area contributed by atoms with Crippen molar-refractivity contribution in [3.05, 3.63) is 23.8 Å². The monoisotopic (exact) mass is 202 g/mol. The molecule has 0 fully saturated rings. The molecule has 1 rings (SSSR count). The molecular formula is C9H12F2N2O. The van der Waals surface area contributed by atoms with Crippen LogP contribution in [0.4, 0.5) is 20.2 Å². The van der Waals surface area contributed by atoms with Crippen LogP contribution < -0.4 is 11.1 Å². The molecule has 0 radical (unpaired) electrons. The zero-order chi connectivity index (χ0) is 10.6. The zero-order valence-corrected chi connectivity index (χ0v) is 7.81. The van der Waals surface area contributed by atoms with Crippen molar-refractivity contribution in [3.63, 3.8) is 0 Å². The van der Waals surface area contributed by atoms with E-state index < -0.39 is 11.6 Å². The maximum atomic E-state index is 13.1. The van der Waals surface area contributed by atoms with Crippen LogP contribution in [0.1, 0.15) is 0 Å². The number of nitrogen functional groups attached to an aromatic ring is 1. The number of nitrogens with two attached hydrogens (primary N) is 1. The van der Waals surface area contributed by atoms with Crippen molar-refractivity contribution in [1.82, 2.24) is 0 Å². The lowest BCUT2D eigenvalue weighted by Crippen LogP contribution is -2.10. The van der Waals surface area contributed by atoms with Gasteiger partial charge in [0.2, 0.25) is 0 Å². The van der Waals surface area contributed by atoms with Gasteiger partial charge in [-0.15, -0.1) is 0 Å². The van der Waals surface area contributed by atoms with Crippen molar-refractivity contribution >= 4 is 11.4 Å². The van der Waals surface area contributed by atoms with E-state index >= 15 is 0 Å². The van der Waals surface area contributed by atoms with Gasteiger partial charge in [-0.2, -0.15) is 0 Å². The number of rotatable bonds is 4. The van der Waals surface area contributed by atoms with Gasteiger partial charge in [-0.1, -0.05) is 0 Å². The highest BCUT2D eigenvalue weighted by Gasteiger charge is 2.08. The topological polar surface area (TPSA) is 47.3 Å². The molecular weight excluding hydrogens is 190 g/mol. The molecule has 1 aromatic carbocycles. The highest BCUT2D eigenvalue weighted by molar-refractivity contribution is 5.53. The van der Waals surface area contributed by atoms with E-state index in [9.17, 15) is 8.78 Å². The van der Waals surface area contributed by atoms with Gasteiger partial charge in [0.05, 0.1) is 6.61 Å². The third kappa shape index (κ3) is 2.56. The average Bonchev–Trinajstić information content (AvgIpc) is 2.09. The quantitative estimate of drug-likeness (QED) is 0.576. The Morgan fingerprint density at radius 3 is 2.43 bits per heavy atom. The van der Waals surface area contributed by atoms with Crippen LogP contribution in [0.15, 0.2) is 12.1 Å². The molecule has 0 aliphatic carbocycles. The van der Waals surface area contributed by atoms with Crippen LogP contribution in [-0.4, -0.2) is 20.3 Å². The lowest BCUT2D eigenvalue weighted by atomic mass is 10.2. The molecule has 0 saturated heterocycles. The Kier molecular flexibility index (Phi) is 3.64. The van der Waals surface area contributed by atoms with Crippen molar-refractivity contribution in [2.45, 2.75) is 0 Å². The van der Waals surface area contributed by atoms with Gasteiger partial charge in [0.1, 0.15) is 5.69 Å². The molecule has 14 heavy (non-hydrogen) atoms. The van der Waals surface area contributed by atoms with Crippen molar-refractivity contribution in [3.8, 4) is 0 Å². The van der Waals surface area contributed by atoms with E-state index in [0.717, 1.165) is 12.1 Å². The van der Waals surface area contributed by atoms with E-state index in [1.165, 1.54) is 7.11 Å². The number of halogens is 2. The Hall–Kier alpha value is -1.36. The fourth-order valence-electron chi connectivity index (χ4n) is 1.04. The molecule has 0 amide bonds. The van der Waals surface area contributed by atoms with E-state index in [1.807, 2.05) is 0 Å². The minimum Gasteiger partial charge on any atom is -0.399 e. The second kappa shape index (κ2) is 4.76. The van der Waals surface area contributed by atoms with Crippen LogP contribution in [0.3, 0.4) is 0 Å². The first-order valence-corrected chi connectivity index (χ1v) is 4.12. The van der Waals surface area contributed by atoms with E-state index in [-0.39, 0.29) is 11.4 Å². The molecule has 0 heterocycles. The van der Waals surface area contributed by atoms with Gasteiger partial charge in [0.15, 0.2) is 11.6 Å². The summed E-state index contributed by atoms with van der Waals surface area (Å²) in [5, 5.41) is 2.58. The maximum Gasteiger partial charge on any atom is 0.151 e. The highest BCUT2D eigenvalue weighted by Crippen LogP contribution is 2.21. The Morgan fingerprint density at radius 2 is 1.93 bits per heavy atom. The summed E-state index contributed by atoms with van der Waals surface area (Å²) < 4.78 is 31.0. The fraction of sp³-hybridized carbons (Fsp3) is 0.333. The number of anilines is 2. The van der Waals surface area contributed by atoms with Gasteiger partial charge in [0.25, 0.3) is 0 Å². The summed E-state index contributed by atoms with van der Waals surface area (Å²) in [5.41, 5.74) is 5.15. The predicted molar refractivity (Wildman–Crippen MR) is 51.1 cm³/mol. The molecule has 0 bridgehead atoms. The second-order valence-electron chi connectivity index (χ2n) is 2.78. The number of hydrogen-bond donors (Lipinski definition) is 2. The van der Waals surface area contributed by atoms with E-state index in [0.29, 0.717) is 13.2 Å². The average molecular weight is 202 g/mol. The number of hydrogen-bond acceptors (Lipinski definition) is 3. The number of methoxy groups -OCH3 is 1. The second-order valence-corrected chi connectivity index (χ2v) is 2.78. The third-order valence-electron chi connectivity index (χ3n) is 1.67. The number of nitrogens with one attached hydrogen (secondary N) is 1. The summed E-state index contributed by atoms with van der Waals surface area (Å²) in [6.45, 7) is 0.720. The van der Waals surface area contributed by atoms with E-state index in [4.69, 9.17) is 10.5 Å². The fourth-order valence-corrected chi connectivity index (χ4v) is 1.04. The Morgan fingerprint density at radius 1 is 1.36 bits per heavy atom. The van der Waals surface area contributed by atoms with Gasteiger partial charge in [-0.25, -0.2) is 8.78 Å². The van der Waals surface area contributed by atoms with Crippen LogP contribution in [0, 0.1) is 11.6 Å². The van der Waals surface area contributed by atoms with Crippen LogP contribution in [0.5, 0.6) is 0 Å². The normalized spacial score (nSPS) is 10.2. The molecule has 3 N–H and O–H groups in total. The van der Waals surface area contributed by atoms with Crippen LogP contribution >= 0.6 is 0 Å². The molecule has 1 aromatic rings. The Bertz CT molecular complexity index is 295. The largest absolute Gasteiger partial charge is 0.399 e. The lowest BCUT2D eigenvalue weighted by molar-refractivity contribution is 0.210. The summed E-state index contributed by atoms with van der Waals surface area (Å²) in [7, 11) is 1.51. The van der Waals surface area contributed by atoms with Crippen LogP contribution in [0.2, 0.25) is 0 Å². The van der Waals surface area contributed by atoms with Crippen molar-refractivity contribution < 1.29 is 13.5 Å². The molecule has 0 saturated carbocycles. The van der Waals surface area contributed by atoms with Crippen molar-refractivity contribution in [1.29, 1.82) is 0 Å². The summed E-state index contributed by atoms with van der Waals surface area (Å²) in [6, 6.07) is 2.14. The molecule has 0 atom stereocenters. The first kappa shape index (κ1) is 10.7. The van der Waals surface area contributed by atoms with Crippen LogP contribution in [0.25, 0.3) is 0 Å². The van der Waals surface area contributed by atoms with Crippen molar-refractivity contribution in [2.24, 2.45) is 0 Å². The van der Waals surface area contributed by atoms with Gasteiger partial charge in [-0.3, -0.25) is 0 Å².